The highest BCUT2D eigenvalue weighted by molar-refractivity contribution is 5.81. The van der Waals surface area contributed by atoms with Crippen molar-refractivity contribution in [3.05, 3.63) is 0 Å². The Morgan fingerprint density at radius 1 is 1.31 bits per heavy atom. The molecule has 2 atom stereocenters. The van der Waals surface area contributed by atoms with E-state index in [-0.39, 0.29) is 0 Å². The Kier molecular flexibility index (Phi) is 2.28. The fourth-order valence-electron chi connectivity index (χ4n) is 2.18. The first-order valence-electron chi connectivity index (χ1n) is 5.15. The number of likely N-dealkylation sites (tertiary alicyclic amines) is 1. The molecule has 0 amide bonds. The quantitative estimate of drug-likeness (QED) is 0.492. The highest BCUT2D eigenvalue weighted by atomic mass is 16.5. The van der Waals surface area contributed by atoms with Crippen molar-refractivity contribution in [2.75, 3.05) is 13.1 Å². The average molecular weight is 182 g/mol. The molecular formula is C10H18N2O. The van der Waals surface area contributed by atoms with Gasteiger partial charge in [-0.2, -0.15) is 0 Å². The van der Waals surface area contributed by atoms with Gasteiger partial charge >= 0.3 is 0 Å². The lowest BCUT2D eigenvalue weighted by Crippen LogP contribution is -2.47. The molecule has 0 saturated carbocycles. The number of hydrogen-bond donors (Lipinski definition) is 1. The van der Waals surface area contributed by atoms with E-state index in [1.807, 2.05) is 0 Å². The van der Waals surface area contributed by atoms with E-state index in [0.717, 1.165) is 18.9 Å². The van der Waals surface area contributed by atoms with Crippen molar-refractivity contribution < 1.29 is 4.74 Å². The summed E-state index contributed by atoms with van der Waals surface area (Å²) in [4.78, 5) is 2.19. The van der Waals surface area contributed by atoms with Crippen LogP contribution >= 0.6 is 0 Å². The number of hydrogen-bond acceptors (Lipinski definition) is 2. The van der Waals surface area contributed by atoms with Gasteiger partial charge in [0, 0.05) is 19.0 Å². The van der Waals surface area contributed by atoms with Gasteiger partial charge < -0.3 is 9.64 Å². The molecule has 0 spiro atoms. The van der Waals surface area contributed by atoms with Gasteiger partial charge in [0.2, 0.25) is 0 Å². The Bertz CT molecular complexity index is 203. The van der Waals surface area contributed by atoms with Crippen LogP contribution in [0.5, 0.6) is 0 Å². The maximum atomic E-state index is 7.92. The summed E-state index contributed by atoms with van der Waals surface area (Å²) in [6, 6.07) is 0. The molecule has 2 bridgehead atoms. The van der Waals surface area contributed by atoms with E-state index in [1.54, 1.807) is 0 Å². The zero-order valence-electron chi connectivity index (χ0n) is 8.42. The van der Waals surface area contributed by atoms with Gasteiger partial charge in [-0.05, 0) is 12.8 Å². The number of morpholine rings is 1. The maximum Gasteiger partial charge on any atom is 0.0985 e. The SMILES string of the molecule is CC(C)C(=N)N1CC2CCC(C1)O2. The van der Waals surface area contributed by atoms with E-state index < -0.39 is 0 Å². The van der Waals surface area contributed by atoms with Crippen LogP contribution in [0.15, 0.2) is 0 Å². The van der Waals surface area contributed by atoms with Gasteiger partial charge in [0.1, 0.15) is 0 Å². The lowest BCUT2D eigenvalue weighted by Gasteiger charge is -2.35. The molecule has 3 nitrogen and oxygen atoms in total. The summed E-state index contributed by atoms with van der Waals surface area (Å²) in [6.45, 7) is 6.04. The molecule has 0 aromatic rings. The highest BCUT2D eigenvalue weighted by Crippen LogP contribution is 2.26. The molecule has 0 aromatic carbocycles. The maximum absolute atomic E-state index is 7.92. The summed E-state index contributed by atoms with van der Waals surface area (Å²) < 4.78 is 5.72. The first-order chi connectivity index (χ1) is 6.16. The monoisotopic (exact) mass is 182 g/mol. The van der Waals surface area contributed by atoms with Crippen LogP contribution in [0.3, 0.4) is 0 Å². The largest absolute Gasteiger partial charge is 0.371 e. The molecule has 2 heterocycles. The first-order valence-corrected chi connectivity index (χ1v) is 5.15. The minimum atomic E-state index is 0.345. The number of rotatable bonds is 1. The highest BCUT2D eigenvalue weighted by Gasteiger charge is 2.34. The van der Waals surface area contributed by atoms with Gasteiger partial charge in [0.25, 0.3) is 0 Å². The molecule has 13 heavy (non-hydrogen) atoms. The van der Waals surface area contributed by atoms with Crippen LogP contribution in [0.1, 0.15) is 26.7 Å². The third kappa shape index (κ3) is 1.70. The van der Waals surface area contributed by atoms with Crippen LogP contribution in [0, 0.1) is 11.3 Å². The van der Waals surface area contributed by atoms with Crippen LogP contribution in [-0.2, 0) is 4.74 Å². The zero-order chi connectivity index (χ0) is 9.42. The Hall–Kier alpha value is -0.570. The van der Waals surface area contributed by atoms with E-state index in [2.05, 4.69) is 18.7 Å². The summed E-state index contributed by atoms with van der Waals surface area (Å²) >= 11 is 0. The summed E-state index contributed by atoms with van der Waals surface area (Å²) in [6.07, 6.45) is 3.18. The Labute approximate surface area is 79.6 Å². The zero-order valence-corrected chi connectivity index (χ0v) is 8.42. The van der Waals surface area contributed by atoms with Crippen LogP contribution in [-0.4, -0.2) is 36.0 Å². The fourth-order valence-corrected chi connectivity index (χ4v) is 2.18. The second kappa shape index (κ2) is 3.29. The average Bonchev–Trinajstić information content (AvgIpc) is 2.44. The molecule has 2 fully saturated rings. The van der Waals surface area contributed by atoms with E-state index in [0.29, 0.717) is 18.1 Å². The second-order valence-electron chi connectivity index (χ2n) is 4.40. The van der Waals surface area contributed by atoms with Crippen molar-refractivity contribution in [2.24, 2.45) is 5.92 Å². The molecule has 74 valence electrons. The molecule has 0 radical (unpaired) electrons. The molecule has 3 heteroatoms. The molecule has 1 N–H and O–H groups in total. The predicted octanol–water partition coefficient (Wildman–Crippen LogP) is 1.48. The number of nitrogens with one attached hydrogen (secondary N) is 1. The van der Waals surface area contributed by atoms with Crippen molar-refractivity contribution in [1.29, 1.82) is 5.41 Å². The van der Waals surface area contributed by atoms with Crippen molar-refractivity contribution in [3.63, 3.8) is 0 Å². The third-order valence-electron chi connectivity index (χ3n) is 2.93. The van der Waals surface area contributed by atoms with E-state index in [1.165, 1.54) is 12.8 Å². The first kappa shape index (κ1) is 9.00. The minimum absolute atomic E-state index is 0.345. The van der Waals surface area contributed by atoms with Crippen LogP contribution in [0.2, 0.25) is 0 Å². The number of fused-ring (bicyclic) bond motifs is 2. The van der Waals surface area contributed by atoms with Gasteiger partial charge in [-0.3, -0.25) is 5.41 Å². The van der Waals surface area contributed by atoms with Crippen LogP contribution in [0.25, 0.3) is 0 Å². The molecule has 0 aromatic heterocycles. The van der Waals surface area contributed by atoms with Gasteiger partial charge in [-0.15, -0.1) is 0 Å². The van der Waals surface area contributed by atoms with Crippen LogP contribution < -0.4 is 0 Å². The van der Waals surface area contributed by atoms with Crippen molar-refractivity contribution in [3.8, 4) is 0 Å². The Balaban J connectivity index is 1.98. The molecule has 2 aliphatic heterocycles. The normalized spacial score (nSPS) is 32.7. The van der Waals surface area contributed by atoms with E-state index in [4.69, 9.17) is 10.1 Å². The predicted molar refractivity (Wildman–Crippen MR) is 52.0 cm³/mol. The Morgan fingerprint density at radius 3 is 2.31 bits per heavy atom. The standard InChI is InChI=1S/C10H18N2O/c1-7(2)10(11)12-5-8-3-4-9(6-12)13-8/h7-9,11H,3-6H2,1-2H3. The Morgan fingerprint density at radius 2 is 1.85 bits per heavy atom. The molecule has 2 saturated heterocycles. The lowest BCUT2D eigenvalue weighted by atomic mass is 10.1. The molecule has 0 aliphatic carbocycles. The van der Waals surface area contributed by atoms with Gasteiger partial charge in [0.15, 0.2) is 0 Å². The smallest absolute Gasteiger partial charge is 0.0985 e. The summed E-state index contributed by atoms with van der Waals surface area (Å²) in [5, 5.41) is 7.92. The molecule has 2 unspecified atom stereocenters. The van der Waals surface area contributed by atoms with Crippen molar-refractivity contribution >= 4 is 5.84 Å². The van der Waals surface area contributed by atoms with E-state index >= 15 is 0 Å². The second-order valence-corrected chi connectivity index (χ2v) is 4.40. The number of nitrogens with zero attached hydrogens (tertiary/aromatic N) is 1. The van der Waals surface area contributed by atoms with Crippen molar-refractivity contribution in [1.82, 2.24) is 4.90 Å². The molecular weight excluding hydrogens is 164 g/mol. The molecule has 2 aliphatic rings. The molecule has 2 rings (SSSR count). The summed E-state index contributed by atoms with van der Waals surface area (Å²) in [5.41, 5.74) is 0. The number of ether oxygens (including phenoxy) is 1. The minimum Gasteiger partial charge on any atom is -0.371 e. The van der Waals surface area contributed by atoms with Gasteiger partial charge in [-0.1, -0.05) is 13.8 Å². The number of amidine groups is 1. The lowest BCUT2D eigenvalue weighted by molar-refractivity contribution is -0.0171. The van der Waals surface area contributed by atoms with Gasteiger partial charge in [0.05, 0.1) is 18.0 Å². The van der Waals surface area contributed by atoms with Gasteiger partial charge in [-0.25, -0.2) is 0 Å². The van der Waals surface area contributed by atoms with Crippen LogP contribution in [0.4, 0.5) is 0 Å². The fraction of sp³-hybridized carbons (Fsp3) is 0.900. The topological polar surface area (TPSA) is 36.3 Å². The third-order valence-corrected chi connectivity index (χ3v) is 2.93. The van der Waals surface area contributed by atoms with E-state index in [9.17, 15) is 0 Å². The van der Waals surface area contributed by atoms with Crippen molar-refractivity contribution in [2.45, 2.75) is 38.9 Å². The summed E-state index contributed by atoms with van der Waals surface area (Å²) in [5.74, 6) is 1.12. The summed E-state index contributed by atoms with van der Waals surface area (Å²) in [7, 11) is 0.